The van der Waals surface area contributed by atoms with Crippen LogP contribution in [0.5, 0.6) is 17.2 Å². The maximum atomic E-state index is 13.7. The van der Waals surface area contributed by atoms with Crippen molar-refractivity contribution in [1.29, 1.82) is 0 Å². The van der Waals surface area contributed by atoms with Crippen molar-refractivity contribution in [2.24, 2.45) is 4.99 Å². The molecule has 0 amide bonds. The molecule has 0 bridgehead atoms. The zero-order valence-electron chi connectivity index (χ0n) is 21.1. The number of esters is 1. The second kappa shape index (κ2) is 11.3. The standard InChI is InChI=1S/C28H28N2O6S/c1-6-14-36-20-11-8-18(9-12-20)15-23-26(31)30-25(19-10-13-21(33-4)22(16-19)34-5)24(27(32)35-7-2)17(3)29-28(30)37-23/h6,8-13,15-16,25H,1,7,14H2,2-5H3/b23-15-/t25-/m1/s1. The Bertz CT molecular complexity index is 1530. The molecule has 0 N–H and O–H groups in total. The zero-order valence-corrected chi connectivity index (χ0v) is 22.0. The van der Waals surface area contributed by atoms with Gasteiger partial charge in [0.15, 0.2) is 16.3 Å². The molecule has 4 rings (SSSR count). The van der Waals surface area contributed by atoms with Crippen LogP contribution >= 0.6 is 11.3 Å². The molecule has 0 aliphatic carbocycles. The molecule has 0 saturated carbocycles. The summed E-state index contributed by atoms with van der Waals surface area (Å²) in [5.74, 6) is 1.21. The van der Waals surface area contributed by atoms with E-state index < -0.39 is 12.0 Å². The highest BCUT2D eigenvalue weighted by Gasteiger charge is 2.33. The minimum absolute atomic E-state index is 0.200. The maximum Gasteiger partial charge on any atom is 0.338 e. The molecule has 2 heterocycles. The molecule has 2 aromatic carbocycles. The minimum atomic E-state index is -0.744. The smallest absolute Gasteiger partial charge is 0.338 e. The van der Waals surface area contributed by atoms with Gasteiger partial charge in [-0.25, -0.2) is 9.79 Å². The fourth-order valence-electron chi connectivity index (χ4n) is 4.10. The lowest BCUT2D eigenvalue weighted by Gasteiger charge is -2.25. The molecule has 1 aliphatic heterocycles. The van der Waals surface area contributed by atoms with Crippen LogP contribution in [0.3, 0.4) is 0 Å². The molecule has 1 atom stereocenters. The van der Waals surface area contributed by atoms with Crippen molar-refractivity contribution in [2.45, 2.75) is 19.9 Å². The second-order valence-corrected chi connectivity index (χ2v) is 9.09. The van der Waals surface area contributed by atoms with Gasteiger partial charge in [-0.2, -0.15) is 0 Å². The molecule has 1 aromatic heterocycles. The molecule has 0 unspecified atom stereocenters. The number of benzene rings is 2. The van der Waals surface area contributed by atoms with E-state index in [1.54, 1.807) is 49.8 Å². The first-order chi connectivity index (χ1) is 17.9. The summed E-state index contributed by atoms with van der Waals surface area (Å²) < 4.78 is 23.8. The van der Waals surface area contributed by atoms with Gasteiger partial charge >= 0.3 is 5.97 Å². The molecule has 0 saturated heterocycles. The first-order valence-corrected chi connectivity index (χ1v) is 12.5. The normalized spacial score (nSPS) is 15.0. The summed E-state index contributed by atoms with van der Waals surface area (Å²) >= 11 is 1.26. The number of ether oxygens (including phenoxy) is 4. The predicted molar refractivity (Wildman–Crippen MR) is 142 cm³/mol. The highest BCUT2D eigenvalue weighted by atomic mass is 32.1. The number of carbonyl (C=O) groups excluding carboxylic acids is 1. The Labute approximate surface area is 218 Å². The summed E-state index contributed by atoms with van der Waals surface area (Å²) in [4.78, 5) is 31.9. The summed E-state index contributed by atoms with van der Waals surface area (Å²) in [6.07, 6.45) is 3.48. The highest BCUT2D eigenvalue weighted by Crippen LogP contribution is 2.36. The number of rotatable bonds is 9. The zero-order chi connectivity index (χ0) is 26.5. The van der Waals surface area contributed by atoms with Gasteiger partial charge in [0.1, 0.15) is 12.4 Å². The first-order valence-electron chi connectivity index (χ1n) is 11.7. The lowest BCUT2D eigenvalue weighted by atomic mass is 9.95. The van der Waals surface area contributed by atoms with Gasteiger partial charge in [0.2, 0.25) is 0 Å². The number of allylic oxidation sites excluding steroid dienone is 1. The quantitative estimate of drug-likeness (QED) is 0.318. The van der Waals surface area contributed by atoms with Crippen molar-refractivity contribution in [3.05, 3.63) is 97.2 Å². The number of aromatic nitrogens is 1. The van der Waals surface area contributed by atoms with Crippen LogP contribution in [0.25, 0.3) is 6.08 Å². The maximum absolute atomic E-state index is 13.7. The van der Waals surface area contributed by atoms with E-state index in [0.29, 0.717) is 50.0 Å². The summed E-state index contributed by atoms with van der Waals surface area (Å²) in [7, 11) is 3.08. The van der Waals surface area contributed by atoms with Crippen LogP contribution in [0.2, 0.25) is 0 Å². The van der Waals surface area contributed by atoms with E-state index in [2.05, 4.69) is 11.6 Å². The van der Waals surface area contributed by atoms with Gasteiger partial charge in [-0.1, -0.05) is 42.2 Å². The Kier molecular flexibility index (Phi) is 7.93. The lowest BCUT2D eigenvalue weighted by Crippen LogP contribution is -2.39. The number of nitrogens with zero attached hydrogens (tertiary/aromatic N) is 2. The van der Waals surface area contributed by atoms with Gasteiger partial charge < -0.3 is 18.9 Å². The van der Waals surface area contributed by atoms with Crippen LogP contribution < -0.4 is 29.1 Å². The van der Waals surface area contributed by atoms with E-state index in [1.807, 2.05) is 30.3 Å². The Balaban J connectivity index is 1.87. The van der Waals surface area contributed by atoms with E-state index in [0.717, 1.165) is 5.56 Å². The lowest BCUT2D eigenvalue weighted by molar-refractivity contribution is -0.139. The summed E-state index contributed by atoms with van der Waals surface area (Å²) in [5, 5.41) is 0. The summed E-state index contributed by atoms with van der Waals surface area (Å²) in [5.41, 5.74) is 2.04. The van der Waals surface area contributed by atoms with Crippen LogP contribution in [-0.4, -0.2) is 38.0 Å². The van der Waals surface area contributed by atoms with Crippen LogP contribution in [0.4, 0.5) is 0 Å². The van der Waals surface area contributed by atoms with Crippen molar-refractivity contribution in [3.8, 4) is 17.2 Å². The van der Waals surface area contributed by atoms with Crippen molar-refractivity contribution in [2.75, 3.05) is 27.4 Å². The third-order valence-electron chi connectivity index (χ3n) is 5.79. The summed E-state index contributed by atoms with van der Waals surface area (Å²) in [6, 6.07) is 12.0. The molecule has 37 heavy (non-hydrogen) atoms. The molecule has 9 heteroatoms. The van der Waals surface area contributed by atoms with Gasteiger partial charge in [0.25, 0.3) is 5.56 Å². The Morgan fingerprint density at radius 3 is 2.51 bits per heavy atom. The topological polar surface area (TPSA) is 88.3 Å². The van der Waals surface area contributed by atoms with Gasteiger partial charge in [0.05, 0.1) is 42.7 Å². The molecule has 1 aliphatic rings. The second-order valence-electron chi connectivity index (χ2n) is 8.09. The van der Waals surface area contributed by atoms with E-state index >= 15 is 0 Å². The van der Waals surface area contributed by atoms with E-state index in [9.17, 15) is 9.59 Å². The van der Waals surface area contributed by atoms with Gasteiger partial charge in [-0.15, -0.1) is 0 Å². The van der Waals surface area contributed by atoms with E-state index in [-0.39, 0.29) is 12.2 Å². The Morgan fingerprint density at radius 1 is 1.14 bits per heavy atom. The number of carbonyl (C=O) groups is 1. The van der Waals surface area contributed by atoms with Crippen LogP contribution in [0.15, 0.2) is 76.2 Å². The number of hydrogen-bond donors (Lipinski definition) is 0. The van der Waals surface area contributed by atoms with Crippen molar-refractivity contribution in [1.82, 2.24) is 4.57 Å². The van der Waals surface area contributed by atoms with Gasteiger partial charge in [-0.05, 0) is 55.3 Å². The number of hydrogen-bond acceptors (Lipinski definition) is 8. The van der Waals surface area contributed by atoms with Crippen molar-refractivity contribution < 1.29 is 23.7 Å². The van der Waals surface area contributed by atoms with Crippen LogP contribution in [0.1, 0.15) is 31.0 Å². The number of thiazole rings is 1. The average Bonchev–Trinajstić information content (AvgIpc) is 3.21. The SMILES string of the molecule is C=CCOc1ccc(/C=c2\sc3n(c2=O)[C@H](c2ccc(OC)c(OC)c2)C(C(=O)OCC)=C(C)N=3)cc1. The fraction of sp³-hybridized carbons (Fsp3) is 0.250. The summed E-state index contributed by atoms with van der Waals surface area (Å²) in [6.45, 7) is 7.75. The molecule has 3 aromatic rings. The fourth-order valence-corrected chi connectivity index (χ4v) is 5.14. The van der Waals surface area contributed by atoms with Crippen LogP contribution in [-0.2, 0) is 9.53 Å². The third-order valence-corrected chi connectivity index (χ3v) is 6.77. The minimum Gasteiger partial charge on any atom is -0.493 e. The van der Waals surface area contributed by atoms with Crippen LogP contribution in [0, 0.1) is 0 Å². The Hall–Kier alpha value is -4.11. The first kappa shape index (κ1) is 26.0. The molecular weight excluding hydrogens is 492 g/mol. The van der Waals surface area contributed by atoms with Crippen molar-refractivity contribution >= 4 is 23.4 Å². The monoisotopic (exact) mass is 520 g/mol. The van der Waals surface area contributed by atoms with E-state index in [1.165, 1.54) is 18.4 Å². The largest absolute Gasteiger partial charge is 0.493 e. The number of methoxy groups -OCH3 is 2. The highest BCUT2D eigenvalue weighted by molar-refractivity contribution is 7.07. The van der Waals surface area contributed by atoms with Gasteiger partial charge in [0, 0.05) is 0 Å². The Morgan fingerprint density at radius 2 is 1.86 bits per heavy atom. The van der Waals surface area contributed by atoms with E-state index in [4.69, 9.17) is 18.9 Å². The third kappa shape index (κ3) is 5.22. The number of fused-ring (bicyclic) bond motifs is 1. The molecular formula is C28H28N2O6S. The molecule has 192 valence electrons. The molecule has 0 fully saturated rings. The van der Waals surface area contributed by atoms with Crippen molar-refractivity contribution in [3.63, 3.8) is 0 Å². The molecule has 0 spiro atoms. The average molecular weight is 521 g/mol. The molecule has 0 radical (unpaired) electrons. The molecule has 8 nitrogen and oxygen atoms in total. The van der Waals surface area contributed by atoms with Gasteiger partial charge in [-0.3, -0.25) is 9.36 Å². The predicted octanol–water partition coefficient (Wildman–Crippen LogP) is 3.38.